The molecule has 2 aliphatic carbocycles. The highest BCUT2D eigenvalue weighted by molar-refractivity contribution is 5.48. The summed E-state index contributed by atoms with van der Waals surface area (Å²) in [5.41, 5.74) is 2.05. The molecule has 2 saturated carbocycles. The zero-order valence-corrected chi connectivity index (χ0v) is 13.2. The molecule has 3 unspecified atom stereocenters. The van der Waals surface area contributed by atoms with E-state index < -0.39 is 0 Å². The van der Waals surface area contributed by atoms with Crippen molar-refractivity contribution in [3.05, 3.63) is 29.6 Å². The smallest absolute Gasteiger partial charge is 0.125 e. The number of hydrogen-bond donors (Lipinski definition) is 1. The highest BCUT2D eigenvalue weighted by atomic mass is 19.1. The molecule has 0 heterocycles. The molecular weight excluding hydrogens is 263 g/mol. The fourth-order valence-electron chi connectivity index (χ4n) is 4.28. The van der Waals surface area contributed by atoms with E-state index in [1.165, 1.54) is 25.7 Å². The van der Waals surface area contributed by atoms with E-state index >= 15 is 0 Å². The second kappa shape index (κ2) is 6.35. The Morgan fingerprint density at radius 3 is 2.76 bits per heavy atom. The van der Waals surface area contributed by atoms with Crippen LogP contribution in [0, 0.1) is 23.6 Å². The maximum Gasteiger partial charge on any atom is 0.125 e. The summed E-state index contributed by atoms with van der Waals surface area (Å²) in [5, 5.41) is 3.27. The largest absolute Gasteiger partial charge is 0.374 e. The van der Waals surface area contributed by atoms with Gasteiger partial charge >= 0.3 is 0 Å². The molecule has 116 valence electrons. The fourth-order valence-corrected chi connectivity index (χ4v) is 4.28. The first-order valence-electron chi connectivity index (χ1n) is 8.37. The van der Waals surface area contributed by atoms with Gasteiger partial charge in [-0.05, 0) is 67.3 Å². The minimum Gasteiger partial charge on any atom is -0.374 e. The van der Waals surface area contributed by atoms with Gasteiger partial charge in [-0.15, -0.1) is 0 Å². The second-order valence-corrected chi connectivity index (χ2v) is 6.91. The van der Waals surface area contributed by atoms with E-state index in [9.17, 15) is 4.39 Å². The normalized spacial score (nSPS) is 27.3. The molecule has 0 amide bonds. The molecule has 1 aromatic rings. The molecule has 3 heteroatoms. The Bertz CT molecular complexity index is 488. The lowest BCUT2D eigenvalue weighted by atomic mass is 9.88. The Morgan fingerprint density at radius 2 is 2.10 bits per heavy atom. The molecule has 0 spiro atoms. The average Bonchev–Trinajstić information content (AvgIpc) is 3.07. The quantitative estimate of drug-likeness (QED) is 0.857. The third kappa shape index (κ3) is 3.39. The lowest BCUT2D eigenvalue weighted by molar-refractivity contribution is 0.337. The van der Waals surface area contributed by atoms with Gasteiger partial charge in [0.2, 0.25) is 0 Å². The van der Waals surface area contributed by atoms with Gasteiger partial charge in [0, 0.05) is 25.8 Å². The summed E-state index contributed by atoms with van der Waals surface area (Å²) in [6.45, 7) is 4.79. The van der Waals surface area contributed by atoms with E-state index in [-0.39, 0.29) is 5.82 Å². The van der Waals surface area contributed by atoms with Crippen LogP contribution in [0.1, 0.15) is 38.2 Å². The number of benzene rings is 1. The van der Waals surface area contributed by atoms with E-state index in [0.717, 1.165) is 48.6 Å². The number of hydrogen-bond acceptors (Lipinski definition) is 2. The number of nitrogens with one attached hydrogen (secondary N) is 1. The first kappa shape index (κ1) is 14.8. The molecular formula is C18H27FN2. The Balaban J connectivity index is 1.66. The molecule has 0 radical (unpaired) electrons. The van der Waals surface area contributed by atoms with Crippen molar-refractivity contribution < 1.29 is 4.39 Å². The molecule has 0 aromatic heterocycles. The lowest BCUT2D eigenvalue weighted by Crippen LogP contribution is -2.28. The van der Waals surface area contributed by atoms with E-state index in [1.54, 1.807) is 12.1 Å². The van der Waals surface area contributed by atoms with Crippen LogP contribution in [0.25, 0.3) is 0 Å². The van der Waals surface area contributed by atoms with Crippen molar-refractivity contribution >= 4 is 5.69 Å². The van der Waals surface area contributed by atoms with E-state index in [0.29, 0.717) is 0 Å². The van der Waals surface area contributed by atoms with Gasteiger partial charge in [0.1, 0.15) is 5.82 Å². The predicted octanol–water partition coefficient (Wildman–Crippen LogP) is 3.81. The summed E-state index contributed by atoms with van der Waals surface area (Å²) in [6.07, 6.45) is 5.68. The summed E-state index contributed by atoms with van der Waals surface area (Å²) in [5.74, 6) is 2.59. The minimum atomic E-state index is -0.125. The van der Waals surface area contributed by atoms with Gasteiger partial charge < -0.3 is 10.2 Å². The monoisotopic (exact) mass is 290 g/mol. The van der Waals surface area contributed by atoms with Crippen molar-refractivity contribution in [1.82, 2.24) is 5.32 Å². The molecule has 2 fully saturated rings. The van der Waals surface area contributed by atoms with Crippen LogP contribution in [0.2, 0.25) is 0 Å². The third-order valence-electron chi connectivity index (χ3n) is 5.36. The Kier molecular flexibility index (Phi) is 4.48. The van der Waals surface area contributed by atoms with Crippen molar-refractivity contribution in [2.45, 2.75) is 39.2 Å². The molecule has 21 heavy (non-hydrogen) atoms. The van der Waals surface area contributed by atoms with E-state index in [4.69, 9.17) is 0 Å². The van der Waals surface area contributed by atoms with Crippen molar-refractivity contribution in [1.29, 1.82) is 0 Å². The number of anilines is 1. The molecule has 2 bridgehead atoms. The number of rotatable bonds is 6. The SMILES string of the molecule is CCNCc1cc(F)cc(N(C)CC2CC3CCC2C3)c1. The molecule has 0 saturated heterocycles. The fraction of sp³-hybridized carbons (Fsp3) is 0.667. The van der Waals surface area contributed by atoms with E-state index in [1.807, 2.05) is 0 Å². The molecule has 1 N–H and O–H groups in total. The minimum absolute atomic E-state index is 0.125. The summed E-state index contributed by atoms with van der Waals surface area (Å²) in [4.78, 5) is 2.25. The van der Waals surface area contributed by atoms with Crippen LogP contribution in [-0.2, 0) is 6.54 Å². The zero-order valence-electron chi connectivity index (χ0n) is 13.2. The predicted molar refractivity (Wildman–Crippen MR) is 86.0 cm³/mol. The Morgan fingerprint density at radius 1 is 1.24 bits per heavy atom. The second-order valence-electron chi connectivity index (χ2n) is 6.91. The number of halogens is 1. The highest BCUT2D eigenvalue weighted by Crippen LogP contribution is 2.48. The van der Waals surface area contributed by atoms with Crippen LogP contribution in [0.4, 0.5) is 10.1 Å². The molecule has 3 atom stereocenters. The van der Waals surface area contributed by atoms with Crippen LogP contribution in [-0.4, -0.2) is 20.1 Å². The van der Waals surface area contributed by atoms with Crippen LogP contribution in [0.15, 0.2) is 18.2 Å². The summed E-state index contributed by atoms with van der Waals surface area (Å²) in [6, 6.07) is 5.43. The highest BCUT2D eigenvalue weighted by Gasteiger charge is 2.39. The van der Waals surface area contributed by atoms with Crippen molar-refractivity contribution in [2.24, 2.45) is 17.8 Å². The number of nitrogens with zero attached hydrogens (tertiary/aromatic N) is 1. The van der Waals surface area contributed by atoms with Crippen molar-refractivity contribution in [3.8, 4) is 0 Å². The third-order valence-corrected chi connectivity index (χ3v) is 5.36. The maximum atomic E-state index is 13.8. The van der Waals surface area contributed by atoms with Gasteiger partial charge in [-0.3, -0.25) is 0 Å². The lowest BCUT2D eigenvalue weighted by Gasteiger charge is -2.29. The Labute approximate surface area is 127 Å². The molecule has 3 rings (SSSR count). The maximum absolute atomic E-state index is 13.8. The van der Waals surface area contributed by atoms with Gasteiger partial charge in [0.05, 0.1) is 0 Å². The first-order valence-corrected chi connectivity index (χ1v) is 8.37. The average molecular weight is 290 g/mol. The zero-order chi connectivity index (χ0) is 14.8. The van der Waals surface area contributed by atoms with Crippen molar-refractivity contribution in [3.63, 3.8) is 0 Å². The molecule has 2 nitrogen and oxygen atoms in total. The van der Waals surface area contributed by atoms with Crippen LogP contribution >= 0.6 is 0 Å². The summed E-state index contributed by atoms with van der Waals surface area (Å²) in [7, 11) is 2.11. The van der Waals surface area contributed by atoms with Gasteiger partial charge in [0.15, 0.2) is 0 Å². The van der Waals surface area contributed by atoms with Crippen molar-refractivity contribution in [2.75, 3.05) is 25.0 Å². The summed E-state index contributed by atoms with van der Waals surface area (Å²) >= 11 is 0. The molecule has 1 aromatic carbocycles. The van der Waals surface area contributed by atoms with Crippen LogP contribution in [0.5, 0.6) is 0 Å². The summed E-state index contributed by atoms with van der Waals surface area (Å²) < 4.78 is 13.8. The number of fused-ring (bicyclic) bond motifs is 2. The van der Waals surface area contributed by atoms with Gasteiger partial charge in [-0.2, -0.15) is 0 Å². The molecule has 2 aliphatic rings. The standard InChI is InChI=1S/C18H27FN2/c1-3-20-11-14-8-17(19)10-18(9-14)21(2)12-16-7-13-4-5-15(16)6-13/h8-10,13,15-16,20H,3-7,11-12H2,1-2H3. The topological polar surface area (TPSA) is 15.3 Å². The van der Waals surface area contributed by atoms with E-state index in [2.05, 4.69) is 30.3 Å². The van der Waals surface area contributed by atoms with Crippen LogP contribution in [0.3, 0.4) is 0 Å². The molecule has 0 aliphatic heterocycles. The first-order chi connectivity index (χ1) is 10.2. The van der Waals surface area contributed by atoms with Crippen LogP contribution < -0.4 is 10.2 Å². The Hall–Kier alpha value is -1.09. The van der Waals surface area contributed by atoms with Gasteiger partial charge in [-0.1, -0.05) is 13.3 Å². The van der Waals surface area contributed by atoms with Gasteiger partial charge in [0.25, 0.3) is 0 Å². The van der Waals surface area contributed by atoms with Gasteiger partial charge in [-0.25, -0.2) is 4.39 Å².